The Morgan fingerprint density at radius 3 is 3.00 bits per heavy atom. The van der Waals surface area contributed by atoms with E-state index < -0.39 is 0 Å². The molecule has 0 amide bonds. The van der Waals surface area contributed by atoms with Crippen molar-refractivity contribution in [3.8, 4) is 6.07 Å². The van der Waals surface area contributed by atoms with Crippen LogP contribution in [-0.4, -0.2) is 6.08 Å². The Labute approximate surface area is 80.3 Å². The van der Waals surface area contributed by atoms with E-state index >= 15 is 0 Å². The molecule has 0 saturated heterocycles. The van der Waals surface area contributed by atoms with Gasteiger partial charge in [-0.15, -0.1) is 11.3 Å². The zero-order valence-corrected chi connectivity index (χ0v) is 8.02. The number of hydrogen-bond acceptors (Lipinski definition) is 4. The fourth-order valence-corrected chi connectivity index (χ4v) is 1.95. The number of aryl methyl sites for hydroxylation is 1. The van der Waals surface area contributed by atoms with Gasteiger partial charge in [0, 0.05) is 0 Å². The van der Waals surface area contributed by atoms with Crippen molar-refractivity contribution in [2.75, 3.05) is 0 Å². The highest BCUT2D eigenvalue weighted by Gasteiger charge is 2.09. The van der Waals surface area contributed by atoms with Gasteiger partial charge in [0.05, 0.1) is 5.56 Å². The minimum Gasteiger partial charge on any atom is -0.211 e. The van der Waals surface area contributed by atoms with Crippen molar-refractivity contribution >= 4 is 22.4 Å². The SMILES string of the molecule is CCCc1csc(N=C=O)c1C#N. The molecule has 0 bridgehead atoms. The fourth-order valence-electron chi connectivity index (χ4n) is 1.08. The van der Waals surface area contributed by atoms with Crippen LogP contribution in [0.4, 0.5) is 5.00 Å². The first kappa shape index (κ1) is 9.66. The van der Waals surface area contributed by atoms with Crippen molar-refractivity contribution in [3.05, 3.63) is 16.5 Å². The molecule has 1 aromatic heterocycles. The van der Waals surface area contributed by atoms with Gasteiger partial charge in [-0.05, 0) is 17.4 Å². The number of carbonyl (C=O) groups excluding carboxylic acids is 1. The molecule has 0 unspecified atom stereocenters. The molecule has 0 aliphatic rings. The first-order valence-corrected chi connectivity index (χ1v) is 4.79. The Morgan fingerprint density at radius 2 is 2.46 bits per heavy atom. The van der Waals surface area contributed by atoms with Crippen molar-refractivity contribution in [3.63, 3.8) is 0 Å². The van der Waals surface area contributed by atoms with Crippen molar-refractivity contribution in [1.82, 2.24) is 0 Å². The van der Waals surface area contributed by atoms with E-state index in [9.17, 15) is 4.79 Å². The van der Waals surface area contributed by atoms with Crippen molar-refractivity contribution in [1.29, 1.82) is 5.26 Å². The largest absolute Gasteiger partial charge is 0.241 e. The molecular weight excluding hydrogens is 184 g/mol. The molecule has 0 atom stereocenters. The Kier molecular flexibility index (Phi) is 3.39. The molecule has 0 fully saturated rings. The highest BCUT2D eigenvalue weighted by molar-refractivity contribution is 7.14. The van der Waals surface area contributed by atoms with Crippen LogP contribution in [0.3, 0.4) is 0 Å². The second-order valence-corrected chi connectivity index (χ2v) is 3.36. The van der Waals surface area contributed by atoms with Crippen LogP contribution in [0.1, 0.15) is 24.5 Å². The summed E-state index contributed by atoms with van der Waals surface area (Å²) in [6.07, 6.45) is 3.29. The van der Waals surface area contributed by atoms with E-state index in [4.69, 9.17) is 5.26 Å². The zero-order valence-electron chi connectivity index (χ0n) is 7.20. The Hall–Kier alpha value is -1.43. The summed E-state index contributed by atoms with van der Waals surface area (Å²) >= 11 is 1.31. The molecule has 0 aromatic carbocycles. The van der Waals surface area contributed by atoms with Crippen LogP contribution in [0.25, 0.3) is 0 Å². The Bertz CT molecular complexity index is 383. The summed E-state index contributed by atoms with van der Waals surface area (Å²) in [6.45, 7) is 2.04. The lowest BCUT2D eigenvalue weighted by atomic mass is 10.1. The van der Waals surface area contributed by atoms with E-state index in [-0.39, 0.29) is 0 Å². The minimum absolute atomic E-state index is 0.473. The molecule has 0 spiro atoms. The second kappa shape index (κ2) is 4.56. The second-order valence-electron chi connectivity index (χ2n) is 2.51. The third-order valence-electron chi connectivity index (χ3n) is 1.63. The standard InChI is InChI=1S/C9H8N2OS/c1-2-3-7-5-13-9(11-6-12)8(7)4-10/h5H,2-3H2,1H3. The van der Waals surface area contributed by atoms with Crippen molar-refractivity contribution < 1.29 is 4.79 Å². The zero-order chi connectivity index (χ0) is 9.68. The summed E-state index contributed by atoms with van der Waals surface area (Å²) < 4.78 is 0. The minimum atomic E-state index is 0.473. The van der Waals surface area contributed by atoms with Gasteiger partial charge in [0.15, 0.2) is 0 Å². The van der Waals surface area contributed by atoms with E-state index in [2.05, 4.69) is 11.1 Å². The van der Waals surface area contributed by atoms with Gasteiger partial charge in [0.2, 0.25) is 6.08 Å². The number of aliphatic imine (C=N–C) groups is 1. The van der Waals surface area contributed by atoms with Gasteiger partial charge in [0.1, 0.15) is 11.1 Å². The molecule has 3 nitrogen and oxygen atoms in total. The highest BCUT2D eigenvalue weighted by Crippen LogP contribution is 2.30. The van der Waals surface area contributed by atoms with Gasteiger partial charge in [-0.1, -0.05) is 13.3 Å². The van der Waals surface area contributed by atoms with Gasteiger partial charge >= 0.3 is 0 Å². The van der Waals surface area contributed by atoms with Gasteiger partial charge in [-0.2, -0.15) is 10.3 Å². The summed E-state index contributed by atoms with van der Waals surface area (Å²) in [6, 6.07) is 2.05. The summed E-state index contributed by atoms with van der Waals surface area (Å²) in [4.78, 5) is 13.5. The number of nitriles is 1. The maximum Gasteiger partial charge on any atom is 0.241 e. The normalized spacial score (nSPS) is 8.92. The number of isocyanates is 1. The lowest BCUT2D eigenvalue weighted by molar-refractivity contribution is 0.565. The molecule has 0 N–H and O–H groups in total. The first-order chi connectivity index (χ1) is 6.33. The van der Waals surface area contributed by atoms with Crippen LogP contribution in [0, 0.1) is 11.3 Å². The Morgan fingerprint density at radius 1 is 1.69 bits per heavy atom. The maximum atomic E-state index is 10.0. The maximum absolute atomic E-state index is 10.0. The van der Waals surface area contributed by atoms with Crippen LogP contribution < -0.4 is 0 Å². The molecule has 1 heterocycles. The monoisotopic (exact) mass is 192 g/mol. The third kappa shape index (κ3) is 2.03. The number of rotatable bonds is 3. The topological polar surface area (TPSA) is 53.2 Å². The van der Waals surface area contributed by atoms with Gasteiger partial charge in [-0.3, -0.25) is 0 Å². The molecular formula is C9H8N2OS. The Balaban J connectivity index is 3.12. The quantitative estimate of drug-likeness (QED) is 0.545. The fraction of sp³-hybridized carbons (Fsp3) is 0.333. The van der Waals surface area contributed by atoms with Crippen LogP contribution >= 0.6 is 11.3 Å². The lowest BCUT2D eigenvalue weighted by Crippen LogP contribution is -1.82. The van der Waals surface area contributed by atoms with Crippen LogP contribution in [0.15, 0.2) is 10.4 Å². The van der Waals surface area contributed by atoms with Gasteiger partial charge in [0.25, 0.3) is 0 Å². The van der Waals surface area contributed by atoms with E-state index in [0.29, 0.717) is 10.6 Å². The summed E-state index contributed by atoms with van der Waals surface area (Å²) in [5, 5.41) is 11.2. The van der Waals surface area contributed by atoms with Crippen molar-refractivity contribution in [2.24, 2.45) is 4.99 Å². The molecule has 0 saturated carbocycles. The number of hydrogen-bond donors (Lipinski definition) is 0. The molecule has 66 valence electrons. The van der Waals surface area contributed by atoms with E-state index in [0.717, 1.165) is 18.4 Å². The average Bonchev–Trinajstić information content (AvgIpc) is 2.49. The van der Waals surface area contributed by atoms with E-state index in [1.807, 2.05) is 12.3 Å². The molecule has 0 radical (unpaired) electrons. The van der Waals surface area contributed by atoms with Crippen LogP contribution in [0.2, 0.25) is 0 Å². The van der Waals surface area contributed by atoms with Crippen LogP contribution in [-0.2, 0) is 11.2 Å². The number of thiophene rings is 1. The molecule has 13 heavy (non-hydrogen) atoms. The van der Waals surface area contributed by atoms with E-state index in [1.54, 1.807) is 0 Å². The summed E-state index contributed by atoms with van der Waals surface area (Å²) in [7, 11) is 0. The highest BCUT2D eigenvalue weighted by atomic mass is 32.1. The number of nitrogens with zero attached hydrogens (tertiary/aromatic N) is 2. The molecule has 0 aliphatic carbocycles. The molecule has 4 heteroatoms. The summed E-state index contributed by atoms with van der Waals surface area (Å²) in [5.74, 6) is 0. The van der Waals surface area contributed by atoms with E-state index in [1.165, 1.54) is 17.4 Å². The van der Waals surface area contributed by atoms with Gasteiger partial charge < -0.3 is 0 Å². The summed E-state index contributed by atoms with van der Waals surface area (Å²) in [5.41, 5.74) is 1.50. The lowest BCUT2D eigenvalue weighted by Gasteiger charge is -1.92. The van der Waals surface area contributed by atoms with Crippen molar-refractivity contribution in [2.45, 2.75) is 19.8 Å². The first-order valence-electron chi connectivity index (χ1n) is 3.91. The smallest absolute Gasteiger partial charge is 0.211 e. The predicted molar refractivity (Wildman–Crippen MR) is 50.8 cm³/mol. The predicted octanol–water partition coefficient (Wildman–Crippen LogP) is 2.54. The third-order valence-corrected chi connectivity index (χ3v) is 2.55. The average molecular weight is 192 g/mol. The molecule has 0 aliphatic heterocycles. The molecule has 1 aromatic rings. The molecule has 1 rings (SSSR count). The van der Waals surface area contributed by atoms with Gasteiger partial charge in [-0.25, -0.2) is 4.79 Å². The van der Waals surface area contributed by atoms with Crippen LogP contribution in [0.5, 0.6) is 0 Å².